The number of hydrogen-bond donors (Lipinski definition) is 2. The molecule has 4 rings (SSSR count). The molecule has 0 radical (unpaired) electrons. The van der Waals surface area contributed by atoms with Crippen molar-refractivity contribution in [2.45, 2.75) is 66.7 Å². The van der Waals surface area contributed by atoms with E-state index in [1.165, 1.54) is 36.3 Å². The topological polar surface area (TPSA) is 79.3 Å². The number of rotatable bonds is 9. The molecule has 0 spiro atoms. The van der Waals surface area contributed by atoms with E-state index in [2.05, 4.69) is 18.3 Å². The van der Waals surface area contributed by atoms with Crippen LogP contribution >= 0.6 is 10.0 Å². The normalized spacial score (nSPS) is 16.7. The summed E-state index contributed by atoms with van der Waals surface area (Å²) in [6.45, 7) is 2.26. The number of aromatic nitrogens is 1. The van der Waals surface area contributed by atoms with E-state index in [4.69, 9.17) is 10.1 Å². The molecule has 9 heteroatoms. The SMILES string of the molecule is CCS(c1ccc(C(=O)NCCC(=O)O)cc1)(c1ccc(-c2ccc(C(F)(F)F)cc2)nc1)C1CCCCC1. The highest BCUT2D eigenvalue weighted by molar-refractivity contribution is 8.34. The summed E-state index contributed by atoms with van der Waals surface area (Å²) in [5.74, 6) is -0.365. The van der Waals surface area contributed by atoms with Gasteiger partial charge in [0, 0.05) is 28.8 Å². The lowest BCUT2D eigenvalue weighted by molar-refractivity contribution is -0.138. The minimum absolute atomic E-state index is 0.0685. The second-order valence-corrected chi connectivity index (χ2v) is 13.5. The molecule has 39 heavy (non-hydrogen) atoms. The number of benzene rings is 2. The van der Waals surface area contributed by atoms with Crippen LogP contribution in [0.4, 0.5) is 13.2 Å². The van der Waals surface area contributed by atoms with Crippen molar-refractivity contribution in [3.8, 4) is 11.3 Å². The van der Waals surface area contributed by atoms with Gasteiger partial charge in [0.1, 0.15) is 0 Å². The van der Waals surface area contributed by atoms with E-state index in [-0.39, 0.29) is 18.9 Å². The summed E-state index contributed by atoms with van der Waals surface area (Å²) in [7, 11) is -1.51. The number of amides is 1. The molecule has 1 fully saturated rings. The van der Waals surface area contributed by atoms with E-state index in [0.29, 0.717) is 22.1 Å². The number of alkyl halides is 3. The number of carbonyl (C=O) groups excluding carboxylic acids is 1. The second kappa shape index (κ2) is 12.2. The number of nitrogens with zero attached hydrogens (tertiary/aromatic N) is 1. The fourth-order valence-corrected chi connectivity index (χ4v) is 9.88. The molecule has 1 atom stereocenters. The molecular formula is C30H33F3N2O3S. The smallest absolute Gasteiger partial charge is 0.416 e. The van der Waals surface area contributed by atoms with Gasteiger partial charge in [0.05, 0.1) is 17.7 Å². The first-order valence-electron chi connectivity index (χ1n) is 13.2. The van der Waals surface area contributed by atoms with Crippen LogP contribution in [0.25, 0.3) is 11.3 Å². The molecule has 208 valence electrons. The first kappa shape index (κ1) is 28.7. The van der Waals surface area contributed by atoms with Crippen LogP contribution in [0.5, 0.6) is 0 Å². The third-order valence-electron chi connectivity index (χ3n) is 7.40. The zero-order valence-corrected chi connectivity index (χ0v) is 22.7. The molecule has 1 aliphatic carbocycles. The van der Waals surface area contributed by atoms with E-state index >= 15 is 0 Å². The van der Waals surface area contributed by atoms with Gasteiger partial charge in [-0.25, -0.2) is 0 Å². The molecule has 5 nitrogen and oxygen atoms in total. The lowest BCUT2D eigenvalue weighted by Crippen LogP contribution is -2.26. The van der Waals surface area contributed by atoms with E-state index in [1.54, 1.807) is 12.1 Å². The van der Waals surface area contributed by atoms with Gasteiger partial charge in [-0.2, -0.15) is 23.2 Å². The Morgan fingerprint density at radius 1 is 0.949 bits per heavy atom. The van der Waals surface area contributed by atoms with Crippen molar-refractivity contribution in [2.24, 2.45) is 0 Å². The molecule has 1 aromatic heterocycles. The fraction of sp³-hybridized carbons (Fsp3) is 0.367. The highest BCUT2D eigenvalue weighted by atomic mass is 32.3. The molecule has 1 amide bonds. The largest absolute Gasteiger partial charge is 0.481 e. The van der Waals surface area contributed by atoms with Crippen LogP contribution in [0.3, 0.4) is 0 Å². The van der Waals surface area contributed by atoms with Crippen molar-refractivity contribution in [3.63, 3.8) is 0 Å². The zero-order valence-electron chi connectivity index (χ0n) is 21.8. The fourth-order valence-electron chi connectivity index (χ4n) is 5.39. The summed E-state index contributed by atoms with van der Waals surface area (Å²) in [6, 6.07) is 16.7. The molecule has 1 heterocycles. The highest BCUT2D eigenvalue weighted by Gasteiger charge is 2.37. The number of carbonyl (C=O) groups is 2. The van der Waals surface area contributed by atoms with Crippen LogP contribution in [-0.4, -0.2) is 39.5 Å². The lowest BCUT2D eigenvalue weighted by Gasteiger charge is -2.48. The molecule has 0 bridgehead atoms. The van der Waals surface area contributed by atoms with Gasteiger partial charge in [0.25, 0.3) is 5.91 Å². The lowest BCUT2D eigenvalue weighted by atomic mass is 10.0. The Balaban J connectivity index is 1.65. The summed E-state index contributed by atoms with van der Waals surface area (Å²) in [4.78, 5) is 30.3. The van der Waals surface area contributed by atoms with Crippen molar-refractivity contribution in [1.82, 2.24) is 10.3 Å². The third-order valence-corrected chi connectivity index (χ3v) is 12.1. The Morgan fingerprint density at radius 2 is 1.59 bits per heavy atom. The summed E-state index contributed by atoms with van der Waals surface area (Å²) in [6.07, 6.45) is 3.14. The van der Waals surface area contributed by atoms with Gasteiger partial charge in [-0.3, -0.25) is 14.6 Å². The summed E-state index contributed by atoms with van der Waals surface area (Å²) >= 11 is 0. The highest BCUT2D eigenvalue weighted by Crippen LogP contribution is 2.68. The maximum Gasteiger partial charge on any atom is 0.416 e. The van der Waals surface area contributed by atoms with Gasteiger partial charge in [0.15, 0.2) is 0 Å². The number of aliphatic carboxylic acids is 1. The first-order valence-corrected chi connectivity index (χ1v) is 15.1. The summed E-state index contributed by atoms with van der Waals surface area (Å²) in [5.41, 5.74) is 1.04. The van der Waals surface area contributed by atoms with E-state index in [1.807, 2.05) is 24.4 Å². The number of nitrogens with one attached hydrogen (secondary N) is 1. The molecule has 2 N–H and O–H groups in total. The van der Waals surface area contributed by atoms with Crippen LogP contribution in [0.1, 0.15) is 61.4 Å². The standard InChI is InChI=1S/C30H33F3N2O3S/c1-2-39(24-6-4-3-5-7-24,25-14-10-22(11-15-25)29(38)34-19-18-28(36)37)26-16-17-27(35-20-26)21-8-12-23(13-9-21)30(31,32)33/h8-17,20,24H,2-7,18-19H2,1H3,(H,34,38)(H,36,37). The maximum absolute atomic E-state index is 13.0. The van der Waals surface area contributed by atoms with Crippen LogP contribution in [0, 0.1) is 0 Å². The Morgan fingerprint density at radius 3 is 2.13 bits per heavy atom. The van der Waals surface area contributed by atoms with Crippen LogP contribution < -0.4 is 5.32 Å². The van der Waals surface area contributed by atoms with Gasteiger partial charge in [-0.15, -0.1) is 0 Å². The average molecular weight is 559 g/mol. The predicted molar refractivity (Wildman–Crippen MR) is 147 cm³/mol. The zero-order chi connectivity index (χ0) is 28.0. The van der Waals surface area contributed by atoms with Crippen molar-refractivity contribution in [1.29, 1.82) is 0 Å². The number of carboxylic acid groups (broad SMARTS) is 1. The average Bonchev–Trinajstić information content (AvgIpc) is 2.94. The Bertz CT molecular complexity index is 1270. The first-order chi connectivity index (χ1) is 18.6. The molecule has 2 aromatic carbocycles. The van der Waals surface area contributed by atoms with E-state index in [0.717, 1.165) is 35.6 Å². The Labute approximate surface area is 228 Å². The van der Waals surface area contributed by atoms with Crippen molar-refractivity contribution in [2.75, 3.05) is 12.3 Å². The third kappa shape index (κ3) is 6.46. The Hall–Kier alpha value is -3.33. The summed E-state index contributed by atoms with van der Waals surface area (Å²) in [5, 5.41) is 11.9. The van der Waals surface area contributed by atoms with Gasteiger partial charge < -0.3 is 10.4 Å². The second-order valence-electron chi connectivity index (χ2n) is 9.72. The van der Waals surface area contributed by atoms with E-state index < -0.39 is 27.7 Å². The predicted octanol–water partition coefficient (Wildman–Crippen LogP) is 7.55. The molecular weight excluding hydrogens is 525 g/mol. The molecule has 0 aliphatic heterocycles. The van der Waals surface area contributed by atoms with Crippen LogP contribution in [0.2, 0.25) is 0 Å². The van der Waals surface area contributed by atoms with Crippen molar-refractivity contribution in [3.05, 3.63) is 78.0 Å². The molecule has 0 saturated heterocycles. The van der Waals surface area contributed by atoms with E-state index in [9.17, 15) is 22.8 Å². The van der Waals surface area contributed by atoms with Crippen molar-refractivity contribution < 1.29 is 27.9 Å². The van der Waals surface area contributed by atoms with Crippen LogP contribution in [0.15, 0.2) is 76.7 Å². The maximum atomic E-state index is 13.0. The number of carboxylic acids is 1. The minimum Gasteiger partial charge on any atom is -0.481 e. The summed E-state index contributed by atoms with van der Waals surface area (Å²) < 4.78 is 38.9. The van der Waals surface area contributed by atoms with Gasteiger partial charge in [-0.05, 0) is 77.3 Å². The molecule has 1 saturated carbocycles. The quantitative estimate of drug-likeness (QED) is 0.284. The molecule has 1 aliphatic rings. The molecule has 3 aromatic rings. The number of pyridine rings is 1. The molecule has 1 unspecified atom stereocenters. The Kier molecular flexibility index (Phi) is 9.00. The minimum atomic E-state index is -4.38. The monoisotopic (exact) mass is 558 g/mol. The van der Waals surface area contributed by atoms with Gasteiger partial charge >= 0.3 is 12.1 Å². The van der Waals surface area contributed by atoms with Crippen molar-refractivity contribution >= 4 is 21.9 Å². The van der Waals surface area contributed by atoms with Gasteiger partial charge in [-0.1, -0.05) is 38.3 Å². The van der Waals surface area contributed by atoms with Crippen LogP contribution in [-0.2, 0) is 11.0 Å². The number of halogens is 3. The number of hydrogen-bond acceptors (Lipinski definition) is 3. The van der Waals surface area contributed by atoms with Gasteiger partial charge in [0.2, 0.25) is 0 Å².